The normalized spacial score (nSPS) is 14.3. The predicted octanol–water partition coefficient (Wildman–Crippen LogP) is 5.52. The lowest BCUT2D eigenvalue weighted by molar-refractivity contribution is -0.136. The van der Waals surface area contributed by atoms with Gasteiger partial charge in [-0.1, -0.05) is 79.8 Å². The smallest absolute Gasteiger partial charge is 0.303 e. The fourth-order valence-electron chi connectivity index (χ4n) is 1.90. The van der Waals surface area contributed by atoms with E-state index in [4.69, 9.17) is 5.11 Å². The lowest BCUT2D eigenvalue weighted by Gasteiger charge is -2.00. The van der Waals surface area contributed by atoms with E-state index in [1.807, 2.05) is 42.5 Å². The fraction of sp³-hybridized carbons (Fsp3) is 0.409. The summed E-state index contributed by atoms with van der Waals surface area (Å²) in [5.74, 6) is -0.766. The Hall–Kier alpha value is -2.13. The summed E-state index contributed by atoms with van der Waals surface area (Å²) >= 11 is 0. The van der Waals surface area contributed by atoms with Gasteiger partial charge >= 0.3 is 5.97 Å². The molecule has 0 aromatic heterocycles. The average Bonchev–Trinajstić information content (AvgIpc) is 2.58. The molecule has 0 aliphatic rings. The minimum atomic E-state index is -0.766. The third-order valence-corrected chi connectivity index (χ3v) is 3.24. The number of allylic oxidation sites excluding steroid dienone is 11. The van der Waals surface area contributed by atoms with Crippen molar-refractivity contribution >= 4 is 5.97 Å². The molecule has 2 N–H and O–H groups in total. The summed E-state index contributed by atoms with van der Waals surface area (Å²) in [6, 6.07) is 0. The SMILES string of the molecule is CC/C=C\C/C=C\CCC(O)\C=C/C=C/C=C\C/C=C\CCC(=O)O. The maximum absolute atomic E-state index is 10.3. The molecule has 0 saturated heterocycles. The Balaban J connectivity index is 3.73. The number of carbonyl (C=O) groups is 1. The summed E-state index contributed by atoms with van der Waals surface area (Å²) < 4.78 is 0. The van der Waals surface area contributed by atoms with Gasteiger partial charge in [0.1, 0.15) is 0 Å². The molecule has 0 bridgehead atoms. The van der Waals surface area contributed by atoms with Gasteiger partial charge in [0.15, 0.2) is 0 Å². The van der Waals surface area contributed by atoms with Crippen molar-refractivity contribution in [3.05, 3.63) is 72.9 Å². The standard InChI is InChI=1S/C22H32O3/c1-2-3-4-5-9-12-15-18-21(23)19-16-13-10-7-6-8-11-14-17-20-22(24)25/h3-4,6-7,9-14,16,19,21,23H,2,5,8,15,17-18,20H2,1H3,(H,24,25)/b4-3-,7-6-,12-9-,13-10+,14-11-,19-16-. The summed E-state index contributed by atoms with van der Waals surface area (Å²) in [6.07, 6.45) is 28.5. The van der Waals surface area contributed by atoms with E-state index in [2.05, 4.69) is 31.2 Å². The molecule has 0 fully saturated rings. The number of aliphatic hydroxyl groups excluding tert-OH is 1. The molecule has 0 aliphatic carbocycles. The van der Waals surface area contributed by atoms with Crippen LogP contribution >= 0.6 is 0 Å². The Morgan fingerprint density at radius 2 is 1.48 bits per heavy atom. The fourth-order valence-corrected chi connectivity index (χ4v) is 1.90. The van der Waals surface area contributed by atoms with Crippen molar-refractivity contribution in [2.24, 2.45) is 0 Å². The third kappa shape index (κ3) is 19.8. The Kier molecular flexibility index (Phi) is 16.7. The van der Waals surface area contributed by atoms with Gasteiger partial charge in [0, 0.05) is 6.42 Å². The molecule has 0 aromatic rings. The molecule has 0 amide bonds. The predicted molar refractivity (Wildman–Crippen MR) is 106 cm³/mol. The van der Waals surface area contributed by atoms with Crippen LogP contribution in [0.1, 0.15) is 51.9 Å². The average molecular weight is 344 g/mol. The monoisotopic (exact) mass is 344 g/mol. The number of rotatable bonds is 14. The van der Waals surface area contributed by atoms with Crippen LogP contribution in [0.3, 0.4) is 0 Å². The highest BCUT2D eigenvalue weighted by atomic mass is 16.4. The summed E-state index contributed by atoms with van der Waals surface area (Å²) in [6.45, 7) is 2.12. The van der Waals surface area contributed by atoms with Gasteiger partial charge in [0.05, 0.1) is 6.10 Å². The van der Waals surface area contributed by atoms with Gasteiger partial charge in [-0.25, -0.2) is 0 Å². The van der Waals surface area contributed by atoms with Crippen LogP contribution in [0.2, 0.25) is 0 Å². The van der Waals surface area contributed by atoms with Crippen LogP contribution in [0.5, 0.6) is 0 Å². The molecule has 0 aliphatic heterocycles. The second-order valence-electron chi connectivity index (χ2n) is 5.57. The van der Waals surface area contributed by atoms with Crippen molar-refractivity contribution in [3.8, 4) is 0 Å². The molecular weight excluding hydrogens is 312 g/mol. The summed E-state index contributed by atoms with van der Waals surface area (Å²) in [4.78, 5) is 10.3. The molecule has 3 nitrogen and oxygen atoms in total. The Morgan fingerprint density at radius 1 is 0.840 bits per heavy atom. The van der Waals surface area contributed by atoms with Gasteiger partial charge in [-0.05, 0) is 38.5 Å². The number of carboxylic acid groups (broad SMARTS) is 1. The van der Waals surface area contributed by atoms with E-state index < -0.39 is 12.1 Å². The van der Waals surface area contributed by atoms with Crippen molar-refractivity contribution in [1.82, 2.24) is 0 Å². The molecule has 25 heavy (non-hydrogen) atoms. The summed E-state index contributed by atoms with van der Waals surface area (Å²) in [5, 5.41) is 18.3. The van der Waals surface area contributed by atoms with Gasteiger partial charge in [0.2, 0.25) is 0 Å². The minimum absolute atomic E-state index is 0.179. The van der Waals surface area contributed by atoms with Crippen LogP contribution in [0.15, 0.2) is 72.9 Å². The molecule has 0 heterocycles. The zero-order chi connectivity index (χ0) is 18.6. The van der Waals surface area contributed by atoms with E-state index in [1.165, 1.54) is 0 Å². The maximum Gasteiger partial charge on any atom is 0.303 e. The van der Waals surface area contributed by atoms with Gasteiger partial charge in [-0.2, -0.15) is 0 Å². The molecule has 3 heteroatoms. The molecule has 0 spiro atoms. The van der Waals surface area contributed by atoms with Crippen molar-refractivity contribution in [2.45, 2.75) is 58.0 Å². The van der Waals surface area contributed by atoms with Crippen molar-refractivity contribution in [2.75, 3.05) is 0 Å². The highest BCUT2D eigenvalue weighted by molar-refractivity contribution is 5.66. The van der Waals surface area contributed by atoms with Crippen LogP contribution in [0.4, 0.5) is 0 Å². The molecule has 138 valence electrons. The maximum atomic E-state index is 10.3. The highest BCUT2D eigenvalue weighted by Crippen LogP contribution is 2.01. The zero-order valence-corrected chi connectivity index (χ0v) is 15.3. The van der Waals surface area contributed by atoms with Crippen LogP contribution in [0, 0.1) is 0 Å². The lowest BCUT2D eigenvalue weighted by Crippen LogP contribution is -1.99. The zero-order valence-electron chi connectivity index (χ0n) is 15.3. The molecule has 1 unspecified atom stereocenters. The quantitative estimate of drug-likeness (QED) is 0.322. The number of hydrogen-bond acceptors (Lipinski definition) is 2. The first-order valence-electron chi connectivity index (χ1n) is 9.01. The largest absolute Gasteiger partial charge is 0.481 e. The van der Waals surface area contributed by atoms with E-state index in [1.54, 1.807) is 6.08 Å². The van der Waals surface area contributed by atoms with Crippen LogP contribution in [0.25, 0.3) is 0 Å². The van der Waals surface area contributed by atoms with Crippen molar-refractivity contribution < 1.29 is 15.0 Å². The molecule has 0 aromatic carbocycles. The first-order chi connectivity index (χ1) is 12.2. The van der Waals surface area contributed by atoms with Gasteiger partial charge in [-0.15, -0.1) is 0 Å². The van der Waals surface area contributed by atoms with Crippen LogP contribution in [-0.2, 0) is 4.79 Å². The Labute approximate surface area is 152 Å². The van der Waals surface area contributed by atoms with E-state index in [0.717, 1.165) is 32.1 Å². The third-order valence-electron chi connectivity index (χ3n) is 3.24. The van der Waals surface area contributed by atoms with E-state index in [0.29, 0.717) is 6.42 Å². The lowest BCUT2D eigenvalue weighted by atomic mass is 10.1. The Bertz CT molecular complexity index is 493. The Morgan fingerprint density at radius 3 is 2.20 bits per heavy atom. The first kappa shape index (κ1) is 22.9. The first-order valence-corrected chi connectivity index (χ1v) is 9.01. The van der Waals surface area contributed by atoms with Crippen LogP contribution < -0.4 is 0 Å². The second-order valence-corrected chi connectivity index (χ2v) is 5.57. The molecule has 0 rings (SSSR count). The molecular formula is C22H32O3. The minimum Gasteiger partial charge on any atom is -0.481 e. The van der Waals surface area contributed by atoms with Crippen LogP contribution in [-0.4, -0.2) is 22.3 Å². The topological polar surface area (TPSA) is 57.5 Å². The number of carboxylic acids is 1. The molecule has 1 atom stereocenters. The van der Waals surface area contributed by atoms with Gasteiger partial charge in [-0.3, -0.25) is 4.79 Å². The highest BCUT2D eigenvalue weighted by Gasteiger charge is 1.94. The second kappa shape index (κ2) is 18.2. The van der Waals surface area contributed by atoms with Crippen molar-refractivity contribution in [1.29, 1.82) is 0 Å². The number of aliphatic carboxylic acids is 1. The van der Waals surface area contributed by atoms with Gasteiger partial charge < -0.3 is 10.2 Å². The molecule has 0 saturated carbocycles. The van der Waals surface area contributed by atoms with Gasteiger partial charge in [0.25, 0.3) is 0 Å². The van der Waals surface area contributed by atoms with E-state index in [9.17, 15) is 9.90 Å². The van der Waals surface area contributed by atoms with Crippen molar-refractivity contribution in [3.63, 3.8) is 0 Å². The molecule has 0 radical (unpaired) electrons. The summed E-state index contributed by atoms with van der Waals surface area (Å²) in [5.41, 5.74) is 0. The number of hydrogen-bond donors (Lipinski definition) is 2. The summed E-state index contributed by atoms with van der Waals surface area (Å²) in [7, 11) is 0. The van der Waals surface area contributed by atoms with E-state index in [-0.39, 0.29) is 6.42 Å². The van der Waals surface area contributed by atoms with E-state index >= 15 is 0 Å². The number of aliphatic hydroxyl groups is 1.